The van der Waals surface area contributed by atoms with Crippen molar-refractivity contribution in [2.24, 2.45) is 0 Å². The van der Waals surface area contributed by atoms with Gasteiger partial charge in [0.25, 0.3) is 0 Å². The Morgan fingerprint density at radius 2 is 2.27 bits per heavy atom. The second kappa shape index (κ2) is 3.68. The van der Waals surface area contributed by atoms with Crippen molar-refractivity contribution in [3.8, 4) is 0 Å². The van der Waals surface area contributed by atoms with E-state index in [1.54, 1.807) is 31.3 Å². The minimum atomic E-state index is -0.271. The van der Waals surface area contributed by atoms with Crippen molar-refractivity contribution in [1.82, 2.24) is 14.2 Å². The van der Waals surface area contributed by atoms with Crippen molar-refractivity contribution in [3.63, 3.8) is 0 Å². The van der Waals surface area contributed by atoms with Crippen molar-refractivity contribution >= 4 is 11.4 Å². The molecular formula is C10H11N3O2. The van der Waals surface area contributed by atoms with E-state index in [9.17, 15) is 9.59 Å². The lowest BCUT2D eigenvalue weighted by molar-refractivity contribution is -0.119. The predicted octanol–water partition coefficient (Wildman–Crippen LogP) is 0.475. The number of fused-ring (bicyclic) bond motifs is 1. The van der Waals surface area contributed by atoms with Gasteiger partial charge in [0.05, 0.1) is 0 Å². The van der Waals surface area contributed by atoms with Crippen LogP contribution in [-0.4, -0.2) is 20.0 Å². The Balaban J connectivity index is 2.49. The van der Waals surface area contributed by atoms with Crippen LogP contribution in [0.4, 0.5) is 0 Å². The van der Waals surface area contributed by atoms with Gasteiger partial charge < -0.3 is 0 Å². The summed E-state index contributed by atoms with van der Waals surface area (Å²) in [5.74, 6) is 0.000469. The molecule has 15 heavy (non-hydrogen) atoms. The molecule has 2 aromatic heterocycles. The molecule has 0 aliphatic carbocycles. The number of carbonyl (C=O) groups excluding carboxylic acids is 1. The quantitative estimate of drug-likeness (QED) is 0.732. The molecule has 78 valence electrons. The van der Waals surface area contributed by atoms with Crippen LogP contribution in [0, 0.1) is 0 Å². The summed E-state index contributed by atoms with van der Waals surface area (Å²) in [6, 6.07) is 5.28. The molecular weight excluding hydrogens is 194 g/mol. The predicted molar refractivity (Wildman–Crippen MR) is 54.8 cm³/mol. The van der Waals surface area contributed by atoms with Crippen LogP contribution in [0.3, 0.4) is 0 Å². The SMILES string of the molecule is CCC(=O)Cn1nc2ccccn2c1=O. The number of aromatic nitrogens is 3. The van der Waals surface area contributed by atoms with Gasteiger partial charge in [0, 0.05) is 12.6 Å². The first kappa shape index (κ1) is 9.64. The number of hydrogen-bond donors (Lipinski definition) is 0. The molecule has 5 heteroatoms. The van der Waals surface area contributed by atoms with Crippen LogP contribution in [0.1, 0.15) is 13.3 Å². The Hall–Kier alpha value is -1.91. The number of hydrogen-bond acceptors (Lipinski definition) is 3. The fraction of sp³-hybridized carbons (Fsp3) is 0.300. The normalized spacial score (nSPS) is 10.7. The third kappa shape index (κ3) is 1.68. The van der Waals surface area contributed by atoms with Gasteiger partial charge in [0.1, 0.15) is 6.54 Å². The van der Waals surface area contributed by atoms with Crippen LogP contribution in [-0.2, 0) is 11.3 Å². The highest BCUT2D eigenvalue weighted by molar-refractivity contribution is 5.77. The lowest BCUT2D eigenvalue weighted by Crippen LogP contribution is -2.24. The van der Waals surface area contributed by atoms with Gasteiger partial charge in [-0.25, -0.2) is 9.48 Å². The van der Waals surface area contributed by atoms with E-state index < -0.39 is 0 Å². The molecule has 0 saturated carbocycles. The molecule has 2 heterocycles. The molecule has 0 spiro atoms. The van der Waals surface area contributed by atoms with Crippen molar-refractivity contribution in [1.29, 1.82) is 0 Å². The fourth-order valence-corrected chi connectivity index (χ4v) is 1.35. The highest BCUT2D eigenvalue weighted by Crippen LogP contribution is 1.95. The molecule has 5 nitrogen and oxygen atoms in total. The van der Waals surface area contributed by atoms with Gasteiger partial charge in [0.2, 0.25) is 0 Å². The maximum absolute atomic E-state index is 11.7. The fourth-order valence-electron chi connectivity index (χ4n) is 1.35. The lowest BCUT2D eigenvalue weighted by Gasteiger charge is -1.94. The summed E-state index contributed by atoms with van der Waals surface area (Å²) >= 11 is 0. The van der Waals surface area contributed by atoms with E-state index in [1.165, 1.54) is 9.08 Å². The Labute approximate surface area is 86.0 Å². The maximum Gasteiger partial charge on any atom is 0.350 e. The number of ketones is 1. The van der Waals surface area contributed by atoms with Crippen molar-refractivity contribution in [2.45, 2.75) is 19.9 Å². The molecule has 0 aliphatic heterocycles. The van der Waals surface area contributed by atoms with E-state index in [2.05, 4.69) is 5.10 Å². The monoisotopic (exact) mass is 205 g/mol. The minimum Gasteiger partial charge on any atom is -0.298 e. The number of carbonyl (C=O) groups is 1. The van der Waals surface area contributed by atoms with E-state index in [0.29, 0.717) is 12.1 Å². The number of nitrogens with zero attached hydrogens (tertiary/aromatic N) is 3. The molecule has 0 fully saturated rings. The Kier molecular flexibility index (Phi) is 2.37. The van der Waals surface area contributed by atoms with Crippen molar-refractivity contribution < 1.29 is 4.79 Å². The Morgan fingerprint density at radius 1 is 1.47 bits per heavy atom. The molecule has 2 rings (SSSR count). The molecule has 2 aromatic rings. The first-order valence-electron chi connectivity index (χ1n) is 4.78. The first-order chi connectivity index (χ1) is 7.22. The summed E-state index contributed by atoms with van der Waals surface area (Å²) < 4.78 is 2.62. The van der Waals surface area contributed by atoms with Gasteiger partial charge in [-0.3, -0.25) is 9.20 Å². The smallest absolute Gasteiger partial charge is 0.298 e. The van der Waals surface area contributed by atoms with Gasteiger partial charge in [-0.2, -0.15) is 0 Å². The van der Waals surface area contributed by atoms with Crippen molar-refractivity contribution in [3.05, 3.63) is 34.9 Å². The van der Waals surface area contributed by atoms with E-state index in [-0.39, 0.29) is 18.0 Å². The first-order valence-corrected chi connectivity index (χ1v) is 4.78. The third-order valence-electron chi connectivity index (χ3n) is 2.21. The van der Waals surface area contributed by atoms with Crippen LogP contribution in [0.5, 0.6) is 0 Å². The summed E-state index contributed by atoms with van der Waals surface area (Å²) in [5, 5.41) is 4.05. The summed E-state index contributed by atoms with van der Waals surface area (Å²) in [6.07, 6.45) is 2.05. The van der Waals surface area contributed by atoms with E-state index in [1.807, 2.05) is 0 Å². The summed E-state index contributed by atoms with van der Waals surface area (Å²) in [6.45, 7) is 1.82. The van der Waals surface area contributed by atoms with Gasteiger partial charge in [0.15, 0.2) is 11.4 Å². The summed E-state index contributed by atoms with van der Waals surface area (Å²) in [7, 11) is 0. The van der Waals surface area contributed by atoms with Crippen LogP contribution >= 0.6 is 0 Å². The molecule has 0 atom stereocenters. The maximum atomic E-state index is 11.7. The topological polar surface area (TPSA) is 56.4 Å². The molecule has 0 saturated heterocycles. The minimum absolute atomic E-state index is 0.000469. The van der Waals surface area contributed by atoms with E-state index in [0.717, 1.165) is 0 Å². The van der Waals surface area contributed by atoms with Crippen molar-refractivity contribution in [2.75, 3.05) is 0 Å². The molecule has 0 unspecified atom stereocenters. The number of rotatable bonds is 3. The average Bonchev–Trinajstić information content (AvgIpc) is 2.57. The van der Waals surface area contributed by atoms with E-state index in [4.69, 9.17) is 0 Å². The van der Waals surface area contributed by atoms with Crippen LogP contribution < -0.4 is 5.69 Å². The zero-order chi connectivity index (χ0) is 10.8. The second-order valence-electron chi connectivity index (χ2n) is 3.26. The molecule has 0 N–H and O–H groups in total. The largest absolute Gasteiger partial charge is 0.350 e. The van der Waals surface area contributed by atoms with Gasteiger partial charge in [-0.15, -0.1) is 5.10 Å². The highest BCUT2D eigenvalue weighted by atomic mass is 16.2. The number of pyridine rings is 1. The van der Waals surface area contributed by atoms with Gasteiger partial charge in [-0.1, -0.05) is 13.0 Å². The second-order valence-corrected chi connectivity index (χ2v) is 3.26. The zero-order valence-electron chi connectivity index (χ0n) is 8.38. The molecule has 0 amide bonds. The lowest BCUT2D eigenvalue weighted by atomic mass is 10.3. The highest BCUT2D eigenvalue weighted by Gasteiger charge is 2.08. The number of Topliss-reactive ketones (excluding diaryl/α,β-unsaturated/α-hetero) is 1. The average molecular weight is 205 g/mol. The summed E-state index contributed by atoms with van der Waals surface area (Å²) in [4.78, 5) is 22.9. The van der Waals surface area contributed by atoms with Gasteiger partial charge >= 0.3 is 5.69 Å². The standard InChI is InChI=1S/C10H11N3O2/c1-2-8(14)7-13-10(15)12-6-4-3-5-9(12)11-13/h3-6H,2,7H2,1H3. The molecule has 0 radical (unpaired) electrons. The van der Waals surface area contributed by atoms with Gasteiger partial charge in [-0.05, 0) is 12.1 Å². The van der Waals surface area contributed by atoms with Crippen LogP contribution in [0.2, 0.25) is 0 Å². The van der Waals surface area contributed by atoms with Crippen LogP contribution in [0.15, 0.2) is 29.2 Å². The Morgan fingerprint density at radius 3 is 2.93 bits per heavy atom. The third-order valence-corrected chi connectivity index (χ3v) is 2.21. The zero-order valence-corrected chi connectivity index (χ0v) is 8.38. The van der Waals surface area contributed by atoms with Crippen LogP contribution in [0.25, 0.3) is 5.65 Å². The molecule has 0 aliphatic rings. The molecule has 0 aromatic carbocycles. The summed E-state index contributed by atoms with van der Waals surface area (Å²) in [5.41, 5.74) is 0.291. The van der Waals surface area contributed by atoms with E-state index >= 15 is 0 Å². The molecule has 0 bridgehead atoms. The Bertz CT molecular complexity index is 553.